The standard InChI is InChI=1S/C13H12.C11H10.C8H10.C7H7Cl.C7H8/c1-11-7-9-13(10-8-11)12-5-3-2-4-6-12;1-9-6-7-10-4-2-3-5-11(10)8-9;1-7-3-5-8(2)6-4-7;1-6-2-4-7(8)5-3-6;1-7-5-3-2-4-6-7/h2-10H,1H3;2-8H,1H3;3-6H,1-2H3;2-5H,1H3;2-6H,1H3. The van der Waals surface area contributed by atoms with Crippen molar-refractivity contribution in [2.75, 3.05) is 0 Å². The van der Waals surface area contributed by atoms with Gasteiger partial charge < -0.3 is 0 Å². The number of halogens is 1. The topological polar surface area (TPSA) is 0 Å². The Kier molecular flexibility index (Phi) is 15.8. The second-order valence-electron chi connectivity index (χ2n) is 11.7. The predicted octanol–water partition coefficient (Wildman–Crippen LogP) is 13.8. The highest BCUT2D eigenvalue weighted by molar-refractivity contribution is 6.30. The lowest BCUT2D eigenvalue weighted by Crippen LogP contribution is -1.76. The van der Waals surface area contributed by atoms with Crippen molar-refractivity contribution < 1.29 is 0 Å². The maximum atomic E-state index is 5.61. The molecule has 0 heterocycles. The van der Waals surface area contributed by atoms with Crippen molar-refractivity contribution in [1.29, 1.82) is 0 Å². The van der Waals surface area contributed by atoms with Crippen molar-refractivity contribution in [2.24, 2.45) is 0 Å². The molecule has 7 rings (SSSR count). The number of hydrogen-bond acceptors (Lipinski definition) is 0. The van der Waals surface area contributed by atoms with Crippen molar-refractivity contribution in [3.05, 3.63) is 214 Å². The smallest absolute Gasteiger partial charge is 0.0406 e. The van der Waals surface area contributed by atoms with Gasteiger partial charge in [0.15, 0.2) is 0 Å². The third-order valence-electron chi connectivity index (χ3n) is 7.23. The first-order valence-corrected chi connectivity index (χ1v) is 16.4. The highest BCUT2D eigenvalue weighted by atomic mass is 35.5. The number of fused-ring (bicyclic) bond motifs is 1. The summed E-state index contributed by atoms with van der Waals surface area (Å²) in [5.41, 5.74) is 10.4. The Morgan fingerprint density at radius 3 is 1.06 bits per heavy atom. The number of aryl methyl sites for hydroxylation is 6. The van der Waals surface area contributed by atoms with E-state index >= 15 is 0 Å². The van der Waals surface area contributed by atoms with Gasteiger partial charge in [-0.3, -0.25) is 0 Å². The molecule has 0 aliphatic carbocycles. The van der Waals surface area contributed by atoms with E-state index in [-0.39, 0.29) is 0 Å². The van der Waals surface area contributed by atoms with E-state index in [1.807, 2.05) is 55.5 Å². The van der Waals surface area contributed by atoms with E-state index in [1.54, 1.807) is 0 Å². The summed E-state index contributed by atoms with van der Waals surface area (Å²) >= 11 is 5.61. The molecule has 0 unspecified atom stereocenters. The van der Waals surface area contributed by atoms with Gasteiger partial charge in [0.05, 0.1) is 0 Å². The van der Waals surface area contributed by atoms with E-state index in [9.17, 15) is 0 Å². The van der Waals surface area contributed by atoms with Crippen molar-refractivity contribution >= 4 is 22.4 Å². The van der Waals surface area contributed by atoms with Crippen LogP contribution in [0.3, 0.4) is 0 Å². The van der Waals surface area contributed by atoms with Crippen LogP contribution in [0.4, 0.5) is 0 Å². The lowest BCUT2D eigenvalue weighted by molar-refractivity contribution is 1.40. The maximum Gasteiger partial charge on any atom is 0.0406 e. The summed E-state index contributed by atoms with van der Waals surface area (Å²) < 4.78 is 0. The van der Waals surface area contributed by atoms with Crippen LogP contribution in [-0.4, -0.2) is 0 Å². The molecular formula is C46H47Cl. The molecule has 0 nitrogen and oxygen atoms in total. The molecule has 0 spiro atoms. The molecule has 47 heavy (non-hydrogen) atoms. The second-order valence-corrected chi connectivity index (χ2v) is 12.1. The fourth-order valence-electron chi connectivity index (χ4n) is 4.39. The van der Waals surface area contributed by atoms with Gasteiger partial charge in [0.25, 0.3) is 0 Å². The summed E-state index contributed by atoms with van der Waals surface area (Å²) in [6.45, 7) is 12.5. The van der Waals surface area contributed by atoms with Gasteiger partial charge in [-0.05, 0) is 75.6 Å². The average molecular weight is 635 g/mol. The molecule has 7 aromatic carbocycles. The zero-order valence-corrected chi connectivity index (χ0v) is 29.4. The van der Waals surface area contributed by atoms with Gasteiger partial charge in [0.1, 0.15) is 0 Å². The van der Waals surface area contributed by atoms with E-state index < -0.39 is 0 Å². The highest BCUT2D eigenvalue weighted by Gasteiger charge is 1.94. The zero-order chi connectivity index (χ0) is 33.9. The second kappa shape index (κ2) is 20.3. The quantitative estimate of drug-likeness (QED) is 0.168. The molecular weight excluding hydrogens is 588 g/mol. The molecule has 0 aliphatic heterocycles. The number of benzene rings is 7. The molecule has 0 saturated carbocycles. The van der Waals surface area contributed by atoms with Gasteiger partial charge in [0, 0.05) is 5.02 Å². The van der Waals surface area contributed by atoms with Crippen LogP contribution < -0.4 is 0 Å². The Balaban J connectivity index is 0.000000163. The van der Waals surface area contributed by atoms with Gasteiger partial charge in [-0.15, -0.1) is 0 Å². The summed E-state index contributed by atoms with van der Waals surface area (Å²) in [4.78, 5) is 0. The minimum atomic E-state index is 0.801. The monoisotopic (exact) mass is 634 g/mol. The summed E-state index contributed by atoms with van der Waals surface area (Å²) in [5.74, 6) is 0. The van der Waals surface area contributed by atoms with Crippen molar-refractivity contribution in [3.63, 3.8) is 0 Å². The van der Waals surface area contributed by atoms with Crippen LogP contribution in [0.5, 0.6) is 0 Å². The lowest BCUT2D eigenvalue weighted by atomic mass is 10.0. The van der Waals surface area contributed by atoms with Crippen molar-refractivity contribution in [2.45, 2.75) is 41.5 Å². The summed E-state index contributed by atoms with van der Waals surface area (Å²) in [6.07, 6.45) is 0. The fourth-order valence-corrected chi connectivity index (χ4v) is 4.52. The van der Waals surface area contributed by atoms with Crippen LogP contribution in [0.2, 0.25) is 5.02 Å². The molecule has 0 radical (unpaired) electrons. The molecule has 0 aromatic heterocycles. The molecule has 0 atom stereocenters. The number of rotatable bonds is 1. The fraction of sp³-hybridized carbons (Fsp3) is 0.130. The van der Waals surface area contributed by atoms with Crippen LogP contribution in [0.25, 0.3) is 21.9 Å². The van der Waals surface area contributed by atoms with Crippen LogP contribution in [0.1, 0.15) is 33.4 Å². The first-order chi connectivity index (χ1) is 22.7. The highest BCUT2D eigenvalue weighted by Crippen LogP contribution is 2.18. The largest absolute Gasteiger partial charge is 0.0843 e. The first-order valence-electron chi connectivity index (χ1n) is 16.0. The molecule has 238 valence electrons. The van der Waals surface area contributed by atoms with E-state index in [2.05, 4.69) is 162 Å². The van der Waals surface area contributed by atoms with E-state index in [1.165, 1.54) is 55.3 Å². The minimum absolute atomic E-state index is 0.801. The third kappa shape index (κ3) is 14.8. The molecule has 0 bridgehead atoms. The van der Waals surface area contributed by atoms with Gasteiger partial charge in [-0.25, -0.2) is 0 Å². The van der Waals surface area contributed by atoms with Crippen LogP contribution >= 0.6 is 11.6 Å². The Labute approximate surface area is 288 Å². The van der Waals surface area contributed by atoms with E-state index in [4.69, 9.17) is 11.6 Å². The SMILES string of the molecule is Cc1ccc(-c2ccccc2)cc1.Cc1ccc(C)cc1.Cc1ccc(Cl)cc1.Cc1ccc2ccccc2c1.Cc1ccccc1. The van der Waals surface area contributed by atoms with Crippen molar-refractivity contribution in [3.8, 4) is 11.1 Å². The molecule has 0 fully saturated rings. The van der Waals surface area contributed by atoms with Crippen LogP contribution in [0.15, 0.2) is 176 Å². The lowest BCUT2D eigenvalue weighted by Gasteiger charge is -2.00. The van der Waals surface area contributed by atoms with Crippen LogP contribution in [-0.2, 0) is 0 Å². The molecule has 7 aromatic rings. The van der Waals surface area contributed by atoms with Gasteiger partial charge in [0.2, 0.25) is 0 Å². The zero-order valence-electron chi connectivity index (χ0n) is 28.6. The summed E-state index contributed by atoms with van der Waals surface area (Å²) in [5, 5.41) is 3.45. The Morgan fingerprint density at radius 2 is 0.617 bits per heavy atom. The minimum Gasteiger partial charge on any atom is -0.0843 e. The van der Waals surface area contributed by atoms with E-state index in [0.29, 0.717) is 0 Å². The average Bonchev–Trinajstić information content (AvgIpc) is 3.10. The van der Waals surface area contributed by atoms with Gasteiger partial charge in [-0.1, -0.05) is 209 Å². The van der Waals surface area contributed by atoms with Gasteiger partial charge >= 0.3 is 0 Å². The van der Waals surface area contributed by atoms with Crippen LogP contribution in [0, 0.1) is 41.5 Å². The summed E-state index contributed by atoms with van der Waals surface area (Å²) in [6, 6.07) is 60.4. The third-order valence-corrected chi connectivity index (χ3v) is 7.49. The molecule has 1 heteroatoms. The Bertz CT molecular complexity index is 1750. The Morgan fingerprint density at radius 1 is 0.277 bits per heavy atom. The predicted molar refractivity (Wildman–Crippen MR) is 209 cm³/mol. The molecule has 0 saturated heterocycles. The number of hydrogen-bond donors (Lipinski definition) is 0. The van der Waals surface area contributed by atoms with E-state index in [0.717, 1.165) is 5.02 Å². The first kappa shape index (κ1) is 36.6. The Hall–Kier alpha value is -4.91. The molecule has 0 amide bonds. The molecule has 0 N–H and O–H groups in total. The normalized spacial score (nSPS) is 9.60. The summed E-state index contributed by atoms with van der Waals surface area (Å²) in [7, 11) is 0. The maximum absolute atomic E-state index is 5.61. The van der Waals surface area contributed by atoms with Gasteiger partial charge in [-0.2, -0.15) is 0 Å². The van der Waals surface area contributed by atoms with Crippen molar-refractivity contribution in [1.82, 2.24) is 0 Å². The molecule has 0 aliphatic rings.